The van der Waals surface area contributed by atoms with Crippen LogP contribution in [0.3, 0.4) is 0 Å². The van der Waals surface area contributed by atoms with Gasteiger partial charge in [0, 0.05) is 5.69 Å². The number of aromatic nitrogens is 1. The Morgan fingerprint density at radius 3 is 2.56 bits per heavy atom. The summed E-state index contributed by atoms with van der Waals surface area (Å²) in [5.74, 6) is 0.185. The Morgan fingerprint density at radius 2 is 1.88 bits per heavy atom. The summed E-state index contributed by atoms with van der Waals surface area (Å²) >= 11 is 1.98. The topological polar surface area (TPSA) is 91.4 Å². The monoisotopic (exact) mass is 454 g/mol. The van der Waals surface area contributed by atoms with Crippen molar-refractivity contribution in [3.63, 3.8) is 0 Å². The normalized spacial score (nSPS) is 20.1. The molecule has 25 heavy (non-hydrogen) atoms. The van der Waals surface area contributed by atoms with Gasteiger partial charge in [-0.15, -0.1) is 0 Å². The molecule has 0 aliphatic heterocycles. The van der Waals surface area contributed by atoms with Crippen LogP contribution in [-0.4, -0.2) is 28.2 Å². The fraction of sp³-hybridized carbons (Fsp3) is 0.333. The summed E-state index contributed by atoms with van der Waals surface area (Å²) in [5, 5.41) is 12.7. The van der Waals surface area contributed by atoms with Crippen LogP contribution in [-0.2, 0) is 0 Å². The van der Waals surface area contributed by atoms with Crippen molar-refractivity contribution >= 4 is 34.2 Å². The van der Waals surface area contributed by atoms with Crippen molar-refractivity contribution < 1.29 is 14.6 Å². The van der Waals surface area contributed by atoms with Crippen LogP contribution in [0.25, 0.3) is 0 Å². The maximum Gasteiger partial charge on any atom is 0.261 e. The molecule has 7 heteroatoms. The molecular formula is C18H19IN2O4. The molecule has 132 valence electrons. The fourth-order valence-corrected chi connectivity index (χ4v) is 3.26. The number of hydrogen-bond donors (Lipinski definition) is 3. The average molecular weight is 454 g/mol. The predicted molar refractivity (Wildman–Crippen MR) is 103 cm³/mol. The van der Waals surface area contributed by atoms with E-state index in [2.05, 4.69) is 10.3 Å². The first kappa shape index (κ1) is 17.9. The minimum absolute atomic E-state index is 0.0612. The minimum atomic E-state index is -0.464. The van der Waals surface area contributed by atoms with Crippen LogP contribution >= 0.6 is 22.6 Å². The molecule has 1 amide bonds. The molecule has 1 aliphatic carbocycles. The summed E-state index contributed by atoms with van der Waals surface area (Å²) in [5.41, 5.74) is 0.209. The minimum Gasteiger partial charge on any atom is -0.488 e. The van der Waals surface area contributed by atoms with Gasteiger partial charge in [-0.3, -0.25) is 9.59 Å². The summed E-state index contributed by atoms with van der Waals surface area (Å²) in [7, 11) is 0. The number of amides is 1. The average Bonchev–Trinajstić information content (AvgIpc) is 2.58. The highest BCUT2D eigenvalue weighted by atomic mass is 127. The Bertz CT molecular complexity index is 803. The number of nitrogens with one attached hydrogen (secondary N) is 2. The zero-order valence-electron chi connectivity index (χ0n) is 13.5. The summed E-state index contributed by atoms with van der Waals surface area (Å²) in [4.78, 5) is 26.6. The number of carbonyl (C=O) groups excluding carboxylic acids is 1. The molecule has 1 aromatic heterocycles. The summed E-state index contributed by atoms with van der Waals surface area (Å²) in [6, 6.07) is 10.1. The molecule has 2 aromatic rings. The standard InChI is InChI=1S/C18H19IN2O4/c19-16-10-9-13(18(24)21-16)17(23)20-11-5-7-12(8-6-11)25-15-4-2-1-3-14(15)22/h5-10,14-15,22H,1-4H2,(H,20,23)(H,21,24). The van der Waals surface area contributed by atoms with E-state index < -0.39 is 17.6 Å². The van der Waals surface area contributed by atoms with Gasteiger partial charge in [-0.1, -0.05) is 6.42 Å². The van der Waals surface area contributed by atoms with Crippen LogP contribution in [0, 0.1) is 3.70 Å². The van der Waals surface area contributed by atoms with E-state index in [9.17, 15) is 14.7 Å². The number of aliphatic hydroxyl groups excluding tert-OH is 1. The van der Waals surface area contributed by atoms with Crippen LogP contribution in [0.4, 0.5) is 5.69 Å². The molecule has 6 nitrogen and oxygen atoms in total. The number of rotatable bonds is 4. The lowest BCUT2D eigenvalue weighted by Gasteiger charge is -2.28. The van der Waals surface area contributed by atoms with E-state index in [0.717, 1.165) is 25.7 Å². The van der Waals surface area contributed by atoms with Crippen molar-refractivity contribution in [3.05, 3.63) is 56.0 Å². The van der Waals surface area contributed by atoms with Gasteiger partial charge in [-0.05, 0) is 78.3 Å². The number of carbonyl (C=O) groups is 1. The van der Waals surface area contributed by atoms with Crippen LogP contribution in [0.15, 0.2) is 41.2 Å². The van der Waals surface area contributed by atoms with Crippen LogP contribution < -0.4 is 15.6 Å². The van der Waals surface area contributed by atoms with Gasteiger partial charge in [0.05, 0.1) is 9.80 Å². The molecule has 3 N–H and O–H groups in total. The third kappa shape index (κ3) is 4.60. The first-order valence-corrected chi connectivity index (χ1v) is 9.26. The van der Waals surface area contributed by atoms with Gasteiger partial charge in [-0.2, -0.15) is 0 Å². The van der Waals surface area contributed by atoms with Crippen molar-refractivity contribution in [1.82, 2.24) is 4.98 Å². The molecule has 0 radical (unpaired) electrons. The van der Waals surface area contributed by atoms with E-state index in [1.165, 1.54) is 6.07 Å². The van der Waals surface area contributed by atoms with Crippen molar-refractivity contribution in [2.75, 3.05) is 5.32 Å². The van der Waals surface area contributed by atoms with Crippen molar-refractivity contribution in [2.24, 2.45) is 0 Å². The molecule has 1 saturated carbocycles. The number of pyridine rings is 1. The Kier molecular flexibility index (Phi) is 5.74. The second-order valence-corrected chi connectivity index (χ2v) is 7.20. The number of anilines is 1. The molecule has 2 unspecified atom stereocenters. The molecule has 0 bridgehead atoms. The SMILES string of the molecule is O=C(Nc1ccc(OC2CCCCC2O)cc1)c1ccc(I)[nH]c1=O. The van der Waals surface area contributed by atoms with E-state index in [1.54, 1.807) is 30.3 Å². The van der Waals surface area contributed by atoms with Gasteiger partial charge in [0.15, 0.2) is 0 Å². The third-order valence-corrected chi connectivity index (χ3v) is 4.82. The number of ether oxygens (including phenoxy) is 1. The molecular weight excluding hydrogens is 435 g/mol. The Balaban J connectivity index is 1.64. The molecule has 3 rings (SSSR count). The van der Waals surface area contributed by atoms with Crippen LogP contribution in [0.2, 0.25) is 0 Å². The zero-order valence-corrected chi connectivity index (χ0v) is 15.7. The van der Waals surface area contributed by atoms with Gasteiger partial charge in [-0.25, -0.2) is 0 Å². The second-order valence-electron chi connectivity index (χ2n) is 6.04. The maximum atomic E-state index is 12.2. The number of hydrogen-bond acceptors (Lipinski definition) is 4. The number of H-pyrrole nitrogens is 1. The molecule has 1 heterocycles. The van der Waals surface area contributed by atoms with Crippen LogP contribution in [0.5, 0.6) is 5.75 Å². The maximum absolute atomic E-state index is 12.2. The van der Waals surface area contributed by atoms with E-state index >= 15 is 0 Å². The lowest BCUT2D eigenvalue weighted by molar-refractivity contribution is 0.00688. The molecule has 1 aromatic carbocycles. The Hall–Kier alpha value is -1.87. The smallest absolute Gasteiger partial charge is 0.261 e. The largest absolute Gasteiger partial charge is 0.488 e. The van der Waals surface area contributed by atoms with Crippen molar-refractivity contribution in [1.29, 1.82) is 0 Å². The predicted octanol–water partition coefficient (Wildman–Crippen LogP) is 2.91. The van der Waals surface area contributed by atoms with Crippen molar-refractivity contribution in [2.45, 2.75) is 37.9 Å². The molecule has 1 fully saturated rings. The Labute approximate surface area is 158 Å². The van der Waals surface area contributed by atoms with E-state index in [4.69, 9.17) is 4.74 Å². The summed E-state index contributed by atoms with van der Waals surface area (Å²) in [6.45, 7) is 0. The highest BCUT2D eigenvalue weighted by molar-refractivity contribution is 14.1. The molecule has 0 spiro atoms. The second kappa shape index (κ2) is 8.01. The summed E-state index contributed by atoms with van der Waals surface area (Å²) < 4.78 is 6.50. The van der Waals surface area contributed by atoms with E-state index in [-0.39, 0.29) is 11.7 Å². The van der Waals surface area contributed by atoms with Gasteiger partial charge >= 0.3 is 0 Å². The lowest BCUT2D eigenvalue weighted by Crippen LogP contribution is -2.34. The van der Waals surface area contributed by atoms with Gasteiger partial charge in [0.25, 0.3) is 11.5 Å². The van der Waals surface area contributed by atoms with E-state index in [1.807, 2.05) is 22.6 Å². The number of aliphatic hydroxyl groups is 1. The van der Waals surface area contributed by atoms with Gasteiger partial charge in [0.1, 0.15) is 17.4 Å². The van der Waals surface area contributed by atoms with Crippen molar-refractivity contribution in [3.8, 4) is 5.75 Å². The quantitative estimate of drug-likeness (QED) is 0.490. The number of aromatic amines is 1. The number of halogens is 1. The summed E-state index contributed by atoms with van der Waals surface area (Å²) in [6.07, 6.45) is 3.09. The van der Waals surface area contributed by atoms with Gasteiger partial charge in [0.2, 0.25) is 0 Å². The van der Waals surface area contributed by atoms with E-state index in [0.29, 0.717) is 15.1 Å². The highest BCUT2D eigenvalue weighted by Gasteiger charge is 2.24. The molecule has 1 aliphatic rings. The number of benzene rings is 1. The fourth-order valence-electron chi connectivity index (χ4n) is 2.83. The highest BCUT2D eigenvalue weighted by Crippen LogP contribution is 2.25. The first-order chi connectivity index (χ1) is 12.0. The first-order valence-electron chi connectivity index (χ1n) is 8.18. The zero-order chi connectivity index (χ0) is 17.8. The molecule has 2 atom stereocenters. The molecule has 0 saturated heterocycles. The Morgan fingerprint density at radius 1 is 1.16 bits per heavy atom. The van der Waals surface area contributed by atoms with Crippen LogP contribution in [0.1, 0.15) is 36.0 Å². The lowest BCUT2D eigenvalue weighted by atomic mass is 9.95. The third-order valence-electron chi connectivity index (χ3n) is 4.19. The van der Waals surface area contributed by atoms with Gasteiger partial charge < -0.3 is 20.1 Å².